The fourth-order valence-electron chi connectivity index (χ4n) is 5.48. The van der Waals surface area contributed by atoms with Gasteiger partial charge in [0.25, 0.3) is 0 Å². The van der Waals surface area contributed by atoms with E-state index in [0.717, 1.165) is 71.7 Å². The van der Waals surface area contributed by atoms with Crippen LogP contribution in [0.4, 0.5) is 0 Å². The van der Waals surface area contributed by atoms with Crippen LogP contribution >= 0.6 is 0 Å². The van der Waals surface area contributed by atoms with Crippen molar-refractivity contribution in [3.63, 3.8) is 0 Å². The standard InChI is InChI=1S/C35H21N5/c1-3-10-22(11-4-1)28-20-29(23-12-5-2-6-13-23)40-35(39-28)34-26-16-8-7-15-25(26)31-27-18-17-24-14-9-19-36-32(24)33(27)37-21-30(31)38-34/h1-21H. The Kier molecular flexibility index (Phi) is 5.07. The molecule has 0 saturated carbocycles. The van der Waals surface area contributed by atoms with Crippen LogP contribution in [0.3, 0.4) is 0 Å². The zero-order valence-electron chi connectivity index (χ0n) is 21.4. The lowest BCUT2D eigenvalue weighted by Crippen LogP contribution is -1.99. The fourth-order valence-corrected chi connectivity index (χ4v) is 5.48. The minimum Gasteiger partial charge on any atom is -0.254 e. The highest BCUT2D eigenvalue weighted by molar-refractivity contribution is 6.23. The molecule has 8 rings (SSSR count). The van der Waals surface area contributed by atoms with Gasteiger partial charge in [0.15, 0.2) is 5.82 Å². The van der Waals surface area contributed by atoms with E-state index >= 15 is 0 Å². The van der Waals surface area contributed by atoms with Crippen LogP contribution in [0.15, 0.2) is 128 Å². The van der Waals surface area contributed by atoms with Gasteiger partial charge in [-0.1, -0.05) is 103 Å². The number of hydrogen-bond donors (Lipinski definition) is 0. The summed E-state index contributed by atoms with van der Waals surface area (Å²) in [5.41, 5.74) is 7.06. The molecule has 0 unspecified atom stereocenters. The summed E-state index contributed by atoms with van der Waals surface area (Å²) in [4.78, 5) is 24.8. The summed E-state index contributed by atoms with van der Waals surface area (Å²) in [6.07, 6.45) is 3.66. The highest BCUT2D eigenvalue weighted by Crippen LogP contribution is 2.37. The number of pyridine rings is 3. The first-order valence-corrected chi connectivity index (χ1v) is 13.2. The first-order valence-electron chi connectivity index (χ1n) is 13.2. The van der Waals surface area contributed by atoms with Gasteiger partial charge in [0.05, 0.1) is 34.1 Å². The van der Waals surface area contributed by atoms with E-state index in [2.05, 4.69) is 65.6 Å². The van der Waals surface area contributed by atoms with Crippen molar-refractivity contribution in [1.82, 2.24) is 24.9 Å². The maximum absolute atomic E-state index is 5.17. The molecule has 0 bridgehead atoms. The molecule has 0 spiro atoms. The second-order valence-corrected chi connectivity index (χ2v) is 9.76. The van der Waals surface area contributed by atoms with Gasteiger partial charge in [-0.15, -0.1) is 0 Å². The molecule has 0 radical (unpaired) electrons. The van der Waals surface area contributed by atoms with Crippen molar-refractivity contribution in [1.29, 1.82) is 0 Å². The number of benzene rings is 4. The van der Waals surface area contributed by atoms with Crippen molar-refractivity contribution in [2.45, 2.75) is 0 Å². The molecular weight excluding hydrogens is 490 g/mol. The Balaban J connectivity index is 1.45. The van der Waals surface area contributed by atoms with Crippen LogP contribution in [0, 0.1) is 0 Å². The number of aromatic nitrogens is 5. The molecule has 0 aliphatic carbocycles. The average Bonchev–Trinajstić information content (AvgIpc) is 3.04. The molecule has 0 amide bonds. The third-order valence-electron chi connectivity index (χ3n) is 7.35. The van der Waals surface area contributed by atoms with E-state index in [1.165, 1.54) is 0 Å². The van der Waals surface area contributed by atoms with E-state index in [4.69, 9.17) is 19.9 Å². The van der Waals surface area contributed by atoms with Crippen LogP contribution < -0.4 is 0 Å². The van der Waals surface area contributed by atoms with E-state index < -0.39 is 0 Å². The molecule has 0 N–H and O–H groups in total. The van der Waals surface area contributed by atoms with E-state index in [9.17, 15) is 0 Å². The minimum atomic E-state index is 0.582. The van der Waals surface area contributed by atoms with E-state index in [1.807, 2.05) is 67.0 Å². The zero-order valence-corrected chi connectivity index (χ0v) is 21.4. The van der Waals surface area contributed by atoms with Gasteiger partial charge in [-0.25, -0.2) is 15.0 Å². The minimum absolute atomic E-state index is 0.582. The van der Waals surface area contributed by atoms with Crippen molar-refractivity contribution in [3.05, 3.63) is 128 Å². The van der Waals surface area contributed by atoms with Crippen LogP contribution in [0.25, 0.3) is 77.5 Å². The van der Waals surface area contributed by atoms with Crippen molar-refractivity contribution in [3.8, 4) is 34.0 Å². The molecule has 40 heavy (non-hydrogen) atoms. The van der Waals surface area contributed by atoms with Crippen LogP contribution in [0.5, 0.6) is 0 Å². The van der Waals surface area contributed by atoms with Gasteiger partial charge < -0.3 is 0 Å². The second-order valence-electron chi connectivity index (χ2n) is 9.76. The number of hydrogen-bond acceptors (Lipinski definition) is 5. The summed E-state index contributed by atoms with van der Waals surface area (Å²) in [6, 6.07) is 39.1. The molecule has 0 atom stereocenters. The molecule has 4 aromatic carbocycles. The lowest BCUT2D eigenvalue weighted by Gasteiger charge is -2.13. The molecule has 0 aliphatic heterocycles. The summed E-state index contributed by atoms with van der Waals surface area (Å²) in [7, 11) is 0. The van der Waals surface area contributed by atoms with Gasteiger partial charge in [0.2, 0.25) is 0 Å². The van der Waals surface area contributed by atoms with Gasteiger partial charge in [-0.2, -0.15) is 0 Å². The number of nitrogens with zero attached hydrogens (tertiary/aromatic N) is 5. The zero-order chi connectivity index (χ0) is 26.5. The largest absolute Gasteiger partial charge is 0.254 e. The maximum atomic E-state index is 5.17. The number of fused-ring (bicyclic) bond motifs is 7. The highest BCUT2D eigenvalue weighted by Gasteiger charge is 2.18. The van der Waals surface area contributed by atoms with Gasteiger partial charge in [0, 0.05) is 38.9 Å². The fraction of sp³-hybridized carbons (Fsp3) is 0. The SMILES string of the molecule is c1ccc(-c2cc(-c3ccccc3)nc(-c3nc4cnc5c(ccc6cccnc65)c4c4ccccc34)n2)cc1. The Labute approximate surface area is 229 Å². The Bertz CT molecular complexity index is 2150. The summed E-state index contributed by atoms with van der Waals surface area (Å²) in [5, 5.41) is 5.23. The molecule has 5 nitrogen and oxygen atoms in total. The maximum Gasteiger partial charge on any atom is 0.179 e. The lowest BCUT2D eigenvalue weighted by molar-refractivity contribution is 1.16. The van der Waals surface area contributed by atoms with Crippen LogP contribution in [-0.4, -0.2) is 24.9 Å². The summed E-state index contributed by atoms with van der Waals surface area (Å²) in [6.45, 7) is 0. The molecule has 186 valence electrons. The Hall–Kier alpha value is -5.55. The molecule has 4 heterocycles. The first-order chi connectivity index (χ1) is 19.8. The summed E-state index contributed by atoms with van der Waals surface area (Å²) >= 11 is 0. The van der Waals surface area contributed by atoms with Crippen molar-refractivity contribution < 1.29 is 0 Å². The van der Waals surface area contributed by atoms with Gasteiger partial charge in [-0.05, 0) is 17.5 Å². The normalized spacial score (nSPS) is 11.5. The molecule has 0 fully saturated rings. The average molecular weight is 512 g/mol. The predicted molar refractivity (Wildman–Crippen MR) is 162 cm³/mol. The van der Waals surface area contributed by atoms with Crippen molar-refractivity contribution >= 4 is 43.5 Å². The predicted octanol–water partition coefficient (Wildman–Crippen LogP) is 8.28. The quantitative estimate of drug-likeness (QED) is 0.223. The van der Waals surface area contributed by atoms with Crippen LogP contribution in [0.2, 0.25) is 0 Å². The Morgan fingerprint density at radius 2 is 1.15 bits per heavy atom. The topological polar surface area (TPSA) is 64.5 Å². The first kappa shape index (κ1) is 22.4. The van der Waals surface area contributed by atoms with Crippen molar-refractivity contribution in [2.75, 3.05) is 0 Å². The molecule has 4 aromatic heterocycles. The van der Waals surface area contributed by atoms with Crippen LogP contribution in [-0.2, 0) is 0 Å². The summed E-state index contributed by atoms with van der Waals surface area (Å²) in [5.74, 6) is 0.582. The second kappa shape index (κ2) is 9.03. The third kappa shape index (κ3) is 3.60. The molecule has 5 heteroatoms. The smallest absolute Gasteiger partial charge is 0.179 e. The Morgan fingerprint density at radius 1 is 0.475 bits per heavy atom. The number of rotatable bonds is 3. The van der Waals surface area contributed by atoms with Gasteiger partial charge in [-0.3, -0.25) is 9.97 Å². The molecule has 0 aliphatic rings. The van der Waals surface area contributed by atoms with E-state index in [1.54, 1.807) is 0 Å². The van der Waals surface area contributed by atoms with Crippen molar-refractivity contribution in [2.24, 2.45) is 0 Å². The highest BCUT2D eigenvalue weighted by atomic mass is 14.9. The molecular formula is C35H21N5. The van der Waals surface area contributed by atoms with Gasteiger partial charge in [0.1, 0.15) is 5.69 Å². The van der Waals surface area contributed by atoms with Crippen LogP contribution in [0.1, 0.15) is 0 Å². The van der Waals surface area contributed by atoms with E-state index in [0.29, 0.717) is 5.82 Å². The molecule has 8 aromatic rings. The van der Waals surface area contributed by atoms with E-state index in [-0.39, 0.29) is 0 Å². The third-order valence-corrected chi connectivity index (χ3v) is 7.35. The summed E-state index contributed by atoms with van der Waals surface area (Å²) < 4.78 is 0. The van der Waals surface area contributed by atoms with Gasteiger partial charge >= 0.3 is 0 Å². The lowest BCUT2D eigenvalue weighted by atomic mass is 9.99. The monoisotopic (exact) mass is 511 g/mol. The Morgan fingerprint density at radius 3 is 1.88 bits per heavy atom. The molecule has 0 saturated heterocycles.